The summed E-state index contributed by atoms with van der Waals surface area (Å²) >= 11 is 1.63. The summed E-state index contributed by atoms with van der Waals surface area (Å²) in [6.07, 6.45) is 1.69. The number of aryl methyl sites for hydroxylation is 2. The topological polar surface area (TPSA) is 59.0 Å². The number of hydrogen-bond donors (Lipinski definition) is 0. The fraction of sp³-hybridized carbons (Fsp3) is 0.304. The van der Waals surface area contributed by atoms with Crippen molar-refractivity contribution in [2.45, 2.75) is 39.7 Å². The van der Waals surface area contributed by atoms with Crippen LogP contribution >= 0.6 is 11.3 Å². The molecule has 2 heterocycles. The van der Waals surface area contributed by atoms with Crippen LogP contribution in [0.3, 0.4) is 0 Å². The van der Waals surface area contributed by atoms with Crippen molar-refractivity contribution in [2.24, 2.45) is 0 Å². The molecule has 4 rings (SSSR count). The van der Waals surface area contributed by atoms with Gasteiger partial charge < -0.3 is 4.90 Å². The molecule has 1 atom stereocenters. The monoisotopic (exact) mass is 404 g/mol. The minimum absolute atomic E-state index is 0.0435. The summed E-state index contributed by atoms with van der Waals surface area (Å²) in [5, 5.41) is 0.934. The van der Waals surface area contributed by atoms with Crippen LogP contribution in [-0.2, 0) is 12.8 Å². The number of thiazole rings is 1. The third-order valence-electron chi connectivity index (χ3n) is 5.31. The lowest BCUT2D eigenvalue weighted by atomic mass is 10.1. The van der Waals surface area contributed by atoms with E-state index in [1.807, 2.05) is 50.4 Å². The van der Waals surface area contributed by atoms with Gasteiger partial charge in [-0.2, -0.15) is 0 Å². The van der Waals surface area contributed by atoms with Crippen LogP contribution in [-0.4, -0.2) is 32.8 Å². The highest BCUT2D eigenvalue weighted by atomic mass is 32.1. The van der Waals surface area contributed by atoms with E-state index in [1.165, 1.54) is 0 Å². The smallest absolute Gasteiger partial charge is 0.254 e. The van der Waals surface area contributed by atoms with Crippen LogP contribution in [0.15, 0.2) is 42.5 Å². The molecule has 0 aliphatic carbocycles. The molecular weight excluding hydrogens is 380 g/mol. The Hall–Kier alpha value is -2.86. The number of carbonyl (C=O) groups excluding carboxylic acids is 1. The average Bonchev–Trinajstić information content (AvgIpc) is 3.20. The summed E-state index contributed by atoms with van der Waals surface area (Å²) < 4.78 is 1.13. The van der Waals surface area contributed by atoms with Crippen molar-refractivity contribution in [1.29, 1.82) is 0 Å². The fourth-order valence-corrected chi connectivity index (χ4v) is 4.50. The maximum Gasteiger partial charge on any atom is 0.254 e. The van der Waals surface area contributed by atoms with E-state index in [2.05, 4.69) is 19.9 Å². The Morgan fingerprint density at radius 2 is 1.66 bits per heavy atom. The summed E-state index contributed by atoms with van der Waals surface area (Å²) in [6.45, 7) is 6.18. The first-order chi connectivity index (χ1) is 14.0. The maximum absolute atomic E-state index is 13.2. The zero-order valence-corrected chi connectivity index (χ0v) is 18.0. The average molecular weight is 405 g/mol. The highest BCUT2D eigenvalue weighted by molar-refractivity contribution is 7.18. The molecular formula is C23H24N4OS. The zero-order chi connectivity index (χ0) is 20.5. The number of amides is 1. The van der Waals surface area contributed by atoms with Gasteiger partial charge >= 0.3 is 0 Å². The first kappa shape index (κ1) is 19.5. The molecule has 0 bridgehead atoms. The van der Waals surface area contributed by atoms with E-state index in [0.29, 0.717) is 5.56 Å². The number of fused-ring (bicyclic) bond motifs is 2. The predicted molar refractivity (Wildman–Crippen MR) is 118 cm³/mol. The molecule has 1 amide bonds. The van der Waals surface area contributed by atoms with Crippen molar-refractivity contribution in [3.8, 4) is 0 Å². The Bertz CT molecular complexity index is 1170. The normalized spacial score (nSPS) is 12.4. The molecule has 5 nitrogen and oxygen atoms in total. The van der Waals surface area contributed by atoms with Crippen LogP contribution in [0.5, 0.6) is 0 Å². The molecule has 0 spiro atoms. The van der Waals surface area contributed by atoms with Gasteiger partial charge in [-0.1, -0.05) is 26.0 Å². The molecule has 2 aromatic carbocycles. The summed E-state index contributed by atoms with van der Waals surface area (Å²) in [7, 11) is 1.83. The van der Waals surface area contributed by atoms with E-state index < -0.39 is 0 Å². The summed E-state index contributed by atoms with van der Waals surface area (Å²) in [5.41, 5.74) is 5.22. The molecule has 148 valence electrons. The number of benzene rings is 2. The second kappa shape index (κ2) is 7.87. The fourth-order valence-electron chi connectivity index (χ4n) is 3.44. The van der Waals surface area contributed by atoms with Gasteiger partial charge in [-0.15, -0.1) is 11.3 Å². The second-order valence-electron chi connectivity index (χ2n) is 7.14. The van der Waals surface area contributed by atoms with Gasteiger partial charge in [-0.3, -0.25) is 4.79 Å². The minimum atomic E-state index is -0.115. The number of rotatable bonds is 5. The van der Waals surface area contributed by atoms with Gasteiger partial charge in [-0.05, 0) is 50.1 Å². The van der Waals surface area contributed by atoms with E-state index >= 15 is 0 Å². The summed E-state index contributed by atoms with van der Waals surface area (Å²) in [4.78, 5) is 29.1. The number of hydrogen-bond acceptors (Lipinski definition) is 5. The first-order valence-corrected chi connectivity index (χ1v) is 10.8. The van der Waals surface area contributed by atoms with Gasteiger partial charge in [0.1, 0.15) is 5.01 Å². The second-order valence-corrected chi connectivity index (χ2v) is 8.20. The van der Waals surface area contributed by atoms with Gasteiger partial charge in [-0.25, -0.2) is 15.0 Å². The molecule has 0 aliphatic rings. The van der Waals surface area contributed by atoms with E-state index in [1.54, 1.807) is 16.2 Å². The van der Waals surface area contributed by atoms with Crippen LogP contribution in [0.25, 0.3) is 21.3 Å². The van der Waals surface area contributed by atoms with Gasteiger partial charge in [0, 0.05) is 12.6 Å². The number of aromatic nitrogens is 3. The van der Waals surface area contributed by atoms with Crippen molar-refractivity contribution in [3.63, 3.8) is 0 Å². The third-order valence-corrected chi connectivity index (χ3v) is 6.51. The maximum atomic E-state index is 13.2. The molecule has 0 unspecified atom stereocenters. The molecule has 0 N–H and O–H groups in total. The summed E-state index contributed by atoms with van der Waals surface area (Å²) in [6, 6.07) is 13.5. The van der Waals surface area contributed by atoms with Crippen LogP contribution < -0.4 is 0 Å². The predicted octanol–water partition coefficient (Wildman–Crippen LogP) is 5.20. The Morgan fingerprint density at radius 3 is 2.34 bits per heavy atom. The molecule has 0 fully saturated rings. The van der Waals surface area contributed by atoms with Gasteiger partial charge in [0.25, 0.3) is 5.91 Å². The molecule has 0 aliphatic heterocycles. The van der Waals surface area contributed by atoms with Crippen molar-refractivity contribution >= 4 is 38.5 Å². The van der Waals surface area contributed by atoms with Crippen molar-refractivity contribution in [2.75, 3.05) is 7.05 Å². The summed E-state index contributed by atoms with van der Waals surface area (Å²) in [5.74, 6) is -0.0435. The van der Waals surface area contributed by atoms with Crippen molar-refractivity contribution in [1.82, 2.24) is 19.9 Å². The number of nitrogens with zero attached hydrogens (tertiary/aromatic N) is 4. The SMILES string of the molecule is CCc1nc2ccc(C(=O)N(C)[C@@H](C)c3nc4ccccc4s3)cc2nc1CC. The molecule has 2 aromatic heterocycles. The Morgan fingerprint density at radius 1 is 0.966 bits per heavy atom. The highest BCUT2D eigenvalue weighted by Gasteiger charge is 2.22. The molecule has 6 heteroatoms. The lowest BCUT2D eigenvalue weighted by Crippen LogP contribution is -2.29. The van der Waals surface area contributed by atoms with Crippen molar-refractivity contribution in [3.05, 3.63) is 64.4 Å². The lowest BCUT2D eigenvalue weighted by molar-refractivity contribution is 0.0742. The van der Waals surface area contributed by atoms with Crippen molar-refractivity contribution < 1.29 is 4.79 Å². The van der Waals surface area contributed by atoms with Crippen LogP contribution in [0.2, 0.25) is 0 Å². The van der Waals surface area contributed by atoms with Gasteiger partial charge in [0.05, 0.1) is 38.7 Å². The Balaban J connectivity index is 1.64. The third kappa shape index (κ3) is 3.60. The standard InChI is InChI=1S/C23H24N4OS/c1-5-16-17(6-2)25-20-13-15(11-12-18(20)24-16)23(28)27(4)14(3)22-26-19-9-7-8-10-21(19)29-22/h7-14H,5-6H2,1-4H3/t14-/m0/s1. The zero-order valence-electron chi connectivity index (χ0n) is 17.1. The van der Waals surface area contributed by atoms with E-state index in [9.17, 15) is 4.79 Å². The first-order valence-electron chi connectivity index (χ1n) is 9.94. The van der Waals surface area contributed by atoms with Crippen LogP contribution in [0.1, 0.15) is 53.6 Å². The minimum Gasteiger partial charge on any atom is -0.333 e. The van der Waals surface area contributed by atoms with E-state index in [4.69, 9.17) is 15.0 Å². The lowest BCUT2D eigenvalue weighted by Gasteiger charge is -2.23. The molecule has 0 saturated heterocycles. The molecule has 4 aromatic rings. The number of para-hydroxylation sites is 1. The van der Waals surface area contributed by atoms with Gasteiger partial charge in [0.2, 0.25) is 0 Å². The van der Waals surface area contributed by atoms with Gasteiger partial charge in [0.15, 0.2) is 0 Å². The van der Waals surface area contributed by atoms with E-state index in [0.717, 1.165) is 50.5 Å². The largest absolute Gasteiger partial charge is 0.333 e. The Kier molecular flexibility index (Phi) is 5.28. The Labute approximate surface area is 174 Å². The van der Waals surface area contributed by atoms with Crippen LogP contribution in [0, 0.1) is 0 Å². The van der Waals surface area contributed by atoms with Crippen LogP contribution in [0.4, 0.5) is 0 Å². The number of carbonyl (C=O) groups is 1. The van der Waals surface area contributed by atoms with E-state index in [-0.39, 0.29) is 11.9 Å². The quantitative estimate of drug-likeness (QED) is 0.459. The highest BCUT2D eigenvalue weighted by Crippen LogP contribution is 2.29. The molecule has 0 radical (unpaired) electrons. The molecule has 0 saturated carbocycles. The molecule has 29 heavy (non-hydrogen) atoms.